The lowest BCUT2D eigenvalue weighted by Crippen LogP contribution is -2.40. The highest BCUT2D eigenvalue weighted by molar-refractivity contribution is 6.08. The van der Waals surface area contributed by atoms with Gasteiger partial charge in [0.05, 0.1) is 0 Å². The molecule has 21 heavy (non-hydrogen) atoms. The minimum Gasteiger partial charge on any atom is -0.481 e. The summed E-state index contributed by atoms with van der Waals surface area (Å²) in [7, 11) is 0. The van der Waals surface area contributed by atoms with Crippen LogP contribution in [0, 0.1) is 0 Å². The molecule has 108 valence electrons. The van der Waals surface area contributed by atoms with Gasteiger partial charge in [0.1, 0.15) is 5.75 Å². The summed E-state index contributed by atoms with van der Waals surface area (Å²) in [6.07, 6.45) is -0.703. The molecule has 0 aliphatic rings. The van der Waals surface area contributed by atoms with E-state index in [2.05, 4.69) is 0 Å². The molecule has 3 N–H and O–H groups in total. The summed E-state index contributed by atoms with van der Waals surface area (Å²) in [5.41, 5.74) is 3.20. The Balaban J connectivity index is 2.09. The van der Waals surface area contributed by atoms with Crippen molar-refractivity contribution in [2.24, 2.45) is 5.84 Å². The van der Waals surface area contributed by atoms with Crippen LogP contribution in [-0.2, 0) is 4.79 Å². The molecule has 0 saturated heterocycles. The molecule has 0 saturated carbocycles. The molecule has 5 nitrogen and oxygen atoms in total. The van der Waals surface area contributed by atoms with Crippen molar-refractivity contribution in [2.75, 3.05) is 0 Å². The first kappa shape index (κ1) is 14.7. The third-order valence-electron chi connectivity index (χ3n) is 2.98. The number of carbonyl (C=O) groups excluding carboxylic acids is 2. The van der Waals surface area contributed by atoms with E-state index in [0.29, 0.717) is 16.9 Å². The van der Waals surface area contributed by atoms with Crippen LogP contribution in [0.3, 0.4) is 0 Å². The standard InChI is InChI=1S/C16H16N2O3/c1-11(16(20)18-17)21-14-9-7-13(8-10-14)15(19)12-5-3-2-4-6-12/h2-11H,17H2,1H3,(H,18,20)/t11-/m0/s1. The summed E-state index contributed by atoms with van der Waals surface area (Å²) in [6, 6.07) is 15.6. The van der Waals surface area contributed by atoms with Gasteiger partial charge in [-0.1, -0.05) is 30.3 Å². The van der Waals surface area contributed by atoms with Gasteiger partial charge in [0.2, 0.25) is 0 Å². The zero-order chi connectivity index (χ0) is 15.2. The Morgan fingerprint density at radius 1 is 1.00 bits per heavy atom. The van der Waals surface area contributed by atoms with Gasteiger partial charge in [0.15, 0.2) is 11.9 Å². The van der Waals surface area contributed by atoms with Crippen molar-refractivity contribution in [3.05, 3.63) is 65.7 Å². The van der Waals surface area contributed by atoms with E-state index in [1.807, 2.05) is 23.6 Å². The highest BCUT2D eigenvalue weighted by Crippen LogP contribution is 2.16. The summed E-state index contributed by atoms with van der Waals surface area (Å²) >= 11 is 0. The van der Waals surface area contributed by atoms with Crippen molar-refractivity contribution in [3.8, 4) is 5.75 Å². The predicted octanol–water partition coefficient (Wildman–Crippen LogP) is 1.67. The van der Waals surface area contributed by atoms with Gasteiger partial charge in [0.25, 0.3) is 5.91 Å². The van der Waals surface area contributed by atoms with E-state index in [1.54, 1.807) is 43.3 Å². The third-order valence-corrected chi connectivity index (χ3v) is 2.98. The van der Waals surface area contributed by atoms with Gasteiger partial charge in [-0.25, -0.2) is 5.84 Å². The fourth-order valence-electron chi connectivity index (χ4n) is 1.82. The van der Waals surface area contributed by atoms with Crippen molar-refractivity contribution in [3.63, 3.8) is 0 Å². The average Bonchev–Trinajstić information content (AvgIpc) is 2.55. The van der Waals surface area contributed by atoms with Gasteiger partial charge >= 0.3 is 0 Å². The molecule has 5 heteroatoms. The van der Waals surface area contributed by atoms with Gasteiger partial charge in [-0.15, -0.1) is 0 Å². The van der Waals surface area contributed by atoms with E-state index in [4.69, 9.17) is 10.6 Å². The summed E-state index contributed by atoms with van der Waals surface area (Å²) in [5, 5.41) is 0. The van der Waals surface area contributed by atoms with Crippen LogP contribution in [0.15, 0.2) is 54.6 Å². The van der Waals surface area contributed by atoms with Crippen LogP contribution in [0.1, 0.15) is 22.8 Å². The SMILES string of the molecule is C[C@H](Oc1ccc(C(=O)c2ccccc2)cc1)C(=O)NN. The molecule has 0 heterocycles. The van der Waals surface area contributed by atoms with Crippen LogP contribution in [0.25, 0.3) is 0 Å². The Morgan fingerprint density at radius 3 is 2.14 bits per heavy atom. The molecule has 0 bridgehead atoms. The fraction of sp³-hybridized carbons (Fsp3) is 0.125. The van der Waals surface area contributed by atoms with Crippen LogP contribution in [-0.4, -0.2) is 17.8 Å². The minimum absolute atomic E-state index is 0.0603. The molecule has 0 aliphatic carbocycles. The van der Waals surface area contributed by atoms with Crippen molar-refractivity contribution in [2.45, 2.75) is 13.0 Å². The van der Waals surface area contributed by atoms with Crippen LogP contribution >= 0.6 is 0 Å². The van der Waals surface area contributed by atoms with Crippen molar-refractivity contribution in [1.82, 2.24) is 5.43 Å². The van der Waals surface area contributed by atoms with Crippen molar-refractivity contribution >= 4 is 11.7 Å². The molecular formula is C16H16N2O3. The van der Waals surface area contributed by atoms with Crippen LogP contribution < -0.4 is 16.0 Å². The quantitative estimate of drug-likeness (QED) is 0.379. The van der Waals surface area contributed by atoms with E-state index in [-0.39, 0.29) is 5.78 Å². The number of hydrogen-bond donors (Lipinski definition) is 2. The van der Waals surface area contributed by atoms with Gasteiger partial charge in [-0.3, -0.25) is 15.0 Å². The maximum Gasteiger partial charge on any atom is 0.274 e. The number of ketones is 1. The number of rotatable bonds is 5. The normalized spacial score (nSPS) is 11.5. The lowest BCUT2D eigenvalue weighted by Gasteiger charge is -2.13. The first-order chi connectivity index (χ1) is 10.1. The number of nitrogens with two attached hydrogens (primary N) is 1. The highest BCUT2D eigenvalue weighted by atomic mass is 16.5. The van der Waals surface area contributed by atoms with Gasteiger partial charge in [-0.05, 0) is 31.2 Å². The van der Waals surface area contributed by atoms with E-state index in [9.17, 15) is 9.59 Å². The lowest BCUT2D eigenvalue weighted by molar-refractivity contribution is -0.127. The number of ether oxygens (including phenoxy) is 1. The smallest absolute Gasteiger partial charge is 0.274 e. The number of benzene rings is 2. The Kier molecular flexibility index (Phi) is 4.68. The lowest BCUT2D eigenvalue weighted by atomic mass is 10.0. The molecule has 2 aromatic rings. The van der Waals surface area contributed by atoms with Gasteiger partial charge in [0, 0.05) is 11.1 Å². The number of hydrogen-bond acceptors (Lipinski definition) is 4. The Bertz CT molecular complexity index is 624. The van der Waals surface area contributed by atoms with Gasteiger partial charge in [-0.2, -0.15) is 0 Å². The zero-order valence-corrected chi connectivity index (χ0v) is 11.6. The second kappa shape index (κ2) is 6.67. The summed E-state index contributed by atoms with van der Waals surface area (Å²) in [5.74, 6) is 5.05. The highest BCUT2D eigenvalue weighted by Gasteiger charge is 2.13. The summed E-state index contributed by atoms with van der Waals surface area (Å²) in [6.45, 7) is 1.59. The van der Waals surface area contributed by atoms with Crippen LogP contribution in [0.5, 0.6) is 5.75 Å². The zero-order valence-electron chi connectivity index (χ0n) is 11.6. The van der Waals surface area contributed by atoms with Crippen molar-refractivity contribution in [1.29, 1.82) is 0 Å². The maximum atomic E-state index is 12.2. The molecule has 0 fully saturated rings. The third kappa shape index (κ3) is 3.67. The first-order valence-corrected chi connectivity index (χ1v) is 6.48. The van der Waals surface area contributed by atoms with Gasteiger partial charge < -0.3 is 4.74 Å². The second-order valence-electron chi connectivity index (χ2n) is 4.49. The largest absolute Gasteiger partial charge is 0.481 e. The summed E-state index contributed by atoms with van der Waals surface area (Å²) in [4.78, 5) is 23.5. The Morgan fingerprint density at radius 2 is 1.57 bits per heavy atom. The van der Waals surface area contributed by atoms with E-state index in [0.717, 1.165) is 0 Å². The van der Waals surface area contributed by atoms with E-state index < -0.39 is 12.0 Å². The monoisotopic (exact) mass is 284 g/mol. The van der Waals surface area contributed by atoms with E-state index >= 15 is 0 Å². The first-order valence-electron chi connectivity index (χ1n) is 6.48. The van der Waals surface area contributed by atoms with E-state index in [1.165, 1.54) is 0 Å². The molecule has 0 unspecified atom stereocenters. The molecule has 0 radical (unpaired) electrons. The molecule has 2 aromatic carbocycles. The topological polar surface area (TPSA) is 81.4 Å². The average molecular weight is 284 g/mol. The Hall–Kier alpha value is -2.66. The number of carbonyl (C=O) groups is 2. The molecule has 1 atom stereocenters. The maximum absolute atomic E-state index is 12.2. The molecule has 0 spiro atoms. The summed E-state index contributed by atoms with van der Waals surface area (Å²) < 4.78 is 5.40. The number of nitrogens with one attached hydrogen (secondary N) is 1. The molecule has 0 aromatic heterocycles. The fourth-order valence-corrected chi connectivity index (χ4v) is 1.82. The minimum atomic E-state index is -0.703. The van der Waals surface area contributed by atoms with Crippen LogP contribution in [0.4, 0.5) is 0 Å². The molecule has 1 amide bonds. The Labute approximate surface area is 122 Å². The number of amides is 1. The molecule has 2 rings (SSSR count). The molecule has 0 aliphatic heterocycles. The molecular weight excluding hydrogens is 268 g/mol. The van der Waals surface area contributed by atoms with Crippen molar-refractivity contribution < 1.29 is 14.3 Å². The van der Waals surface area contributed by atoms with Crippen LogP contribution in [0.2, 0.25) is 0 Å². The predicted molar refractivity (Wildman–Crippen MR) is 78.7 cm³/mol. The number of hydrazine groups is 1. The second-order valence-corrected chi connectivity index (χ2v) is 4.49.